The molecule has 6 nitrogen and oxygen atoms in total. The molecule has 0 aromatic carbocycles. The number of aliphatic carboxylic acids is 1. The number of carboxylic acids is 1. The summed E-state index contributed by atoms with van der Waals surface area (Å²) < 4.78 is 0. The minimum atomic E-state index is -0.860. The fourth-order valence-corrected chi connectivity index (χ4v) is 2.90. The van der Waals surface area contributed by atoms with Gasteiger partial charge in [-0.05, 0) is 39.8 Å². The molecule has 1 rings (SSSR count). The lowest BCUT2D eigenvalue weighted by Crippen LogP contribution is -2.51. The van der Waals surface area contributed by atoms with E-state index in [2.05, 4.69) is 17.3 Å². The molecule has 21 heavy (non-hydrogen) atoms. The first-order valence-corrected chi connectivity index (χ1v) is 7.82. The number of nitrogens with zero attached hydrogens (tertiary/aromatic N) is 2. The van der Waals surface area contributed by atoms with Crippen molar-refractivity contribution in [2.45, 2.75) is 46.1 Å². The Morgan fingerprint density at radius 3 is 2.43 bits per heavy atom. The molecule has 2 N–H and O–H groups in total. The Hall–Kier alpha value is -1.30. The minimum Gasteiger partial charge on any atom is -0.481 e. The van der Waals surface area contributed by atoms with E-state index in [9.17, 15) is 14.7 Å². The van der Waals surface area contributed by atoms with Gasteiger partial charge in [0.25, 0.3) is 0 Å². The summed E-state index contributed by atoms with van der Waals surface area (Å²) in [7, 11) is 2.06. The molecule has 0 radical (unpaired) electrons. The lowest BCUT2D eigenvalue weighted by atomic mass is 9.82. The fraction of sp³-hybridized carbons (Fsp3) is 0.867. The van der Waals surface area contributed by atoms with Crippen LogP contribution >= 0.6 is 0 Å². The van der Waals surface area contributed by atoms with Gasteiger partial charge in [0.05, 0.1) is 5.41 Å². The predicted octanol–water partition coefficient (Wildman–Crippen LogP) is 1.61. The summed E-state index contributed by atoms with van der Waals surface area (Å²) in [4.78, 5) is 27.9. The Morgan fingerprint density at radius 1 is 1.29 bits per heavy atom. The Kier molecular flexibility index (Phi) is 6.45. The third-order valence-electron chi connectivity index (χ3n) is 4.69. The quantitative estimate of drug-likeness (QED) is 0.809. The van der Waals surface area contributed by atoms with Gasteiger partial charge in [-0.15, -0.1) is 0 Å². The molecule has 1 heterocycles. The van der Waals surface area contributed by atoms with E-state index in [1.807, 2.05) is 25.7 Å². The van der Waals surface area contributed by atoms with Crippen LogP contribution in [0.25, 0.3) is 0 Å². The van der Waals surface area contributed by atoms with E-state index >= 15 is 0 Å². The highest BCUT2D eigenvalue weighted by molar-refractivity contribution is 5.78. The van der Waals surface area contributed by atoms with Crippen LogP contribution in [0.5, 0.6) is 0 Å². The zero-order chi connectivity index (χ0) is 16.0. The average Bonchev–Trinajstić information content (AvgIpc) is 2.60. The number of urea groups is 1. The highest BCUT2D eigenvalue weighted by atomic mass is 16.4. The Morgan fingerprint density at radius 2 is 1.90 bits per heavy atom. The molecule has 0 spiro atoms. The molecule has 6 heteroatoms. The van der Waals surface area contributed by atoms with Gasteiger partial charge in [-0.25, -0.2) is 4.79 Å². The number of amides is 2. The van der Waals surface area contributed by atoms with E-state index in [0.717, 1.165) is 26.1 Å². The summed E-state index contributed by atoms with van der Waals surface area (Å²) in [6, 6.07) is -0.00898. The van der Waals surface area contributed by atoms with Crippen LogP contribution in [0.3, 0.4) is 0 Å². The third kappa shape index (κ3) is 4.33. The number of carbonyl (C=O) groups excluding carboxylic acids is 1. The second kappa shape index (κ2) is 7.64. The number of rotatable bonds is 5. The Balaban J connectivity index is 2.65. The average molecular weight is 299 g/mol. The van der Waals surface area contributed by atoms with Crippen LogP contribution < -0.4 is 5.32 Å². The van der Waals surface area contributed by atoms with Crippen molar-refractivity contribution in [3.8, 4) is 0 Å². The van der Waals surface area contributed by atoms with Crippen molar-refractivity contribution < 1.29 is 14.7 Å². The van der Waals surface area contributed by atoms with Crippen LogP contribution in [0, 0.1) is 5.41 Å². The first-order valence-electron chi connectivity index (χ1n) is 7.82. The fourth-order valence-electron chi connectivity index (χ4n) is 2.90. The van der Waals surface area contributed by atoms with Crippen LogP contribution in [0.15, 0.2) is 0 Å². The van der Waals surface area contributed by atoms with E-state index in [1.54, 1.807) is 0 Å². The largest absolute Gasteiger partial charge is 0.481 e. The standard InChI is InChI=1S/C15H29N3O3/c1-5-15(6-2,13(19)20)11-16-14(21)18-9-7-8-17(4)10-12(18)3/h12H,5-11H2,1-4H3,(H,16,21)(H,19,20). The molecular formula is C15H29N3O3. The van der Waals surface area contributed by atoms with Crippen molar-refractivity contribution in [1.82, 2.24) is 15.1 Å². The predicted molar refractivity (Wildman–Crippen MR) is 82.3 cm³/mol. The van der Waals surface area contributed by atoms with Crippen molar-refractivity contribution in [1.29, 1.82) is 0 Å². The van der Waals surface area contributed by atoms with E-state index in [4.69, 9.17) is 0 Å². The van der Waals surface area contributed by atoms with Crippen molar-refractivity contribution in [2.75, 3.05) is 33.2 Å². The van der Waals surface area contributed by atoms with Crippen LogP contribution in [0.4, 0.5) is 4.79 Å². The molecule has 0 saturated carbocycles. The molecule has 122 valence electrons. The van der Waals surface area contributed by atoms with Gasteiger partial charge in [-0.3, -0.25) is 4.79 Å². The van der Waals surface area contributed by atoms with E-state index in [1.165, 1.54) is 0 Å². The minimum absolute atomic E-state index is 0.139. The monoisotopic (exact) mass is 299 g/mol. The number of likely N-dealkylation sites (N-methyl/N-ethyl adjacent to an activating group) is 1. The van der Waals surface area contributed by atoms with E-state index in [-0.39, 0.29) is 18.6 Å². The number of carboxylic acid groups (broad SMARTS) is 1. The first kappa shape index (κ1) is 17.8. The lowest BCUT2D eigenvalue weighted by Gasteiger charge is -2.31. The zero-order valence-corrected chi connectivity index (χ0v) is 13.7. The second-order valence-corrected chi connectivity index (χ2v) is 6.11. The van der Waals surface area contributed by atoms with Gasteiger partial charge in [0.2, 0.25) is 0 Å². The first-order chi connectivity index (χ1) is 9.86. The smallest absolute Gasteiger partial charge is 0.317 e. The summed E-state index contributed by atoms with van der Waals surface area (Å²) in [6.45, 7) is 8.48. The summed E-state index contributed by atoms with van der Waals surface area (Å²) in [6.07, 6.45) is 1.97. The van der Waals surface area contributed by atoms with E-state index in [0.29, 0.717) is 12.8 Å². The highest BCUT2D eigenvalue weighted by Crippen LogP contribution is 2.25. The van der Waals surface area contributed by atoms with Crippen molar-refractivity contribution in [3.63, 3.8) is 0 Å². The van der Waals surface area contributed by atoms with Crippen molar-refractivity contribution in [3.05, 3.63) is 0 Å². The van der Waals surface area contributed by atoms with Gasteiger partial charge >= 0.3 is 12.0 Å². The summed E-state index contributed by atoms with van der Waals surface area (Å²) in [5, 5.41) is 12.2. The maximum Gasteiger partial charge on any atom is 0.317 e. The molecular weight excluding hydrogens is 270 g/mol. The van der Waals surface area contributed by atoms with Gasteiger partial charge in [0.15, 0.2) is 0 Å². The molecule has 0 aliphatic carbocycles. The van der Waals surface area contributed by atoms with Crippen LogP contribution in [0.2, 0.25) is 0 Å². The van der Waals surface area contributed by atoms with Gasteiger partial charge in [-0.1, -0.05) is 13.8 Å². The molecule has 1 atom stereocenters. The summed E-state index contributed by atoms with van der Waals surface area (Å²) in [5.74, 6) is -0.837. The number of hydrogen-bond donors (Lipinski definition) is 2. The molecule has 0 bridgehead atoms. The number of nitrogens with one attached hydrogen (secondary N) is 1. The maximum atomic E-state index is 12.4. The molecule has 0 aromatic rings. The maximum absolute atomic E-state index is 12.4. The molecule has 1 saturated heterocycles. The third-order valence-corrected chi connectivity index (χ3v) is 4.69. The number of hydrogen-bond acceptors (Lipinski definition) is 3. The Labute approximate surface area is 127 Å². The van der Waals surface area contributed by atoms with Gasteiger partial charge in [-0.2, -0.15) is 0 Å². The number of carbonyl (C=O) groups is 2. The Bertz CT molecular complexity index is 369. The molecule has 1 aliphatic heterocycles. The molecule has 1 fully saturated rings. The lowest BCUT2D eigenvalue weighted by molar-refractivity contribution is -0.149. The van der Waals surface area contributed by atoms with Crippen LogP contribution in [-0.2, 0) is 4.79 Å². The van der Waals surface area contributed by atoms with Crippen LogP contribution in [0.1, 0.15) is 40.0 Å². The molecule has 2 amide bonds. The molecule has 1 aliphatic rings. The SMILES string of the molecule is CCC(CC)(CNC(=O)N1CCCN(C)CC1C)C(=O)O. The van der Waals surface area contributed by atoms with Crippen molar-refractivity contribution >= 4 is 12.0 Å². The van der Waals surface area contributed by atoms with E-state index < -0.39 is 11.4 Å². The zero-order valence-electron chi connectivity index (χ0n) is 13.7. The summed E-state index contributed by atoms with van der Waals surface area (Å²) in [5.41, 5.74) is -0.860. The second-order valence-electron chi connectivity index (χ2n) is 6.11. The topological polar surface area (TPSA) is 72.9 Å². The molecule has 1 unspecified atom stereocenters. The highest BCUT2D eigenvalue weighted by Gasteiger charge is 2.36. The van der Waals surface area contributed by atoms with Gasteiger partial charge < -0.3 is 20.2 Å². The van der Waals surface area contributed by atoms with Gasteiger partial charge in [0.1, 0.15) is 0 Å². The molecule has 0 aromatic heterocycles. The normalized spacial score (nSPS) is 21.0. The van der Waals surface area contributed by atoms with Gasteiger partial charge in [0, 0.05) is 25.7 Å². The van der Waals surface area contributed by atoms with Crippen LogP contribution in [-0.4, -0.2) is 66.2 Å². The van der Waals surface area contributed by atoms with Crippen molar-refractivity contribution in [2.24, 2.45) is 5.41 Å². The summed E-state index contributed by atoms with van der Waals surface area (Å²) >= 11 is 0.